The summed E-state index contributed by atoms with van der Waals surface area (Å²) in [5.74, 6) is -1.24. The van der Waals surface area contributed by atoms with Crippen LogP contribution < -0.4 is 10.6 Å². The number of esters is 1. The molecule has 184 valence electrons. The van der Waals surface area contributed by atoms with Crippen LogP contribution in [0.4, 0.5) is 4.79 Å². The van der Waals surface area contributed by atoms with Crippen molar-refractivity contribution < 1.29 is 28.7 Å². The zero-order valence-corrected chi connectivity index (χ0v) is 20.5. The molecule has 9 heteroatoms. The van der Waals surface area contributed by atoms with E-state index in [2.05, 4.69) is 10.6 Å². The Kier molecular flexibility index (Phi) is 11.4. The molecule has 0 saturated carbocycles. The third-order valence-corrected chi connectivity index (χ3v) is 4.54. The lowest BCUT2D eigenvalue weighted by Crippen LogP contribution is -2.48. The van der Waals surface area contributed by atoms with Crippen LogP contribution in [-0.2, 0) is 23.9 Å². The molecule has 9 nitrogen and oxygen atoms in total. The number of nitrogens with zero attached hydrogens (tertiary/aromatic N) is 1. The number of benzene rings is 1. The fraction of sp³-hybridized carbons (Fsp3) is 0.583. The fourth-order valence-electron chi connectivity index (χ4n) is 3.16. The maximum atomic E-state index is 13.2. The van der Waals surface area contributed by atoms with E-state index in [9.17, 15) is 19.2 Å². The number of amides is 3. The molecule has 0 aliphatic carbocycles. The first-order chi connectivity index (χ1) is 15.5. The van der Waals surface area contributed by atoms with Crippen LogP contribution in [0.3, 0.4) is 0 Å². The van der Waals surface area contributed by atoms with Gasteiger partial charge in [0.15, 0.2) is 0 Å². The van der Waals surface area contributed by atoms with E-state index < -0.39 is 35.5 Å². The minimum absolute atomic E-state index is 0.0298. The van der Waals surface area contributed by atoms with Crippen LogP contribution in [0.15, 0.2) is 24.3 Å². The van der Waals surface area contributed by atoms with Crippen LogP contribution in [-0.4, -0.2) is 60.6 Å². The van der Waals surface area contributed by atoms with Gasteiger partial charge in [0.05, 0.1) is 13.0 Å². The average molecular weight is 464 g/mol. The lowest BCUT2D eigenvalue weighted by atomic mass is 9.98. The van der Waals surface area contributed by atoms with Crippen LogP contribution in [0, 0.1) is 6.92 Å². The lowest BCUT2D eigenvalue weighted by molar-refractivity contribution is -0.143. The van der Waals surface area contributed by atoms with Crippen LogP contribution >= 0.6 is 0 Å². The van der Waals surface area contributed by atoms with Crippen LogP contribution in [0.25, 0.3) is 0 Å². The number of rotatable bonds is 11. The van der Waals surface area contributed by atoms with Gasteiger partial charge in [-0.2, -0.15) is 0 Å². The number of hydrogen-bond acceptors (Lipinski definition) is 6. The highest BCUT2D eigenvalue weighted by Gasteiger charge is 2.32. The number of alkyl carbamates (subject to hydrolysis) is 1. The van der Waals surface area contributed by atoms with Crippen molar-refractivity contribution >= 4 is 23.9 Å². The Morgan fingerprint density at radius 2 is 1.73 bits per heavy atom. The molecule has 0 aliphatic heterocycles. The van der Waals surface area contributed by atoms with Gasteiger partial charge >= 0.3 is 12.1 Å². The third kappa shape index (κ3) is 9.93. The van der Waals surface area contributed by atoms with Crippen molar-refractivity contribution in [2.45, 2.75) is 66.0 Å². The predicted molar refractivity (Wildman–Crippen MR) is 124 cm³/mol. The molecular weight excluding hydrogens is 426 g/mol. The Morgan fingerprint density at radius 1 is 1.06 bits per heavy atom. The first-order valence-corrected chi connectivity index (χ1v) is 11.2. The molecule has 1 unspecified atom stereocenters. The first kappa shape index (κ1) is 27.9. The summed E-state index contributed by atoms with van der Waals surface area (Å²) in [6.07, 6.45) is -0.0720. The van der Waals surface area contributed by atoms with Gasteiger partial charge in [0.1, 0.15) is 18.2 Å². The summed E-state index contributed by atoms with van der Waals surface area (Å²) in [7, 11) is 0. The molecule has 1 aromatic carbocycles. The van der Waals surface area contributed by atoms with Gasteiger partial charge in [0.2, 0.25) is 11.8 Å². The van der Waals surface area contributed by atoms with Crippen LogP contribution in [0.5, 0.6) is 0 Å². The van der Waals surface area contributed by atoms with Gasteiger partial charge in [-0.05, 0) is 52.2 Å². The predicted octanol–water partition coefficient (Wildman–Crippen LogP) is 2.87. The van der Waals surface area contributed by atoms with Gasteiger partial charge in [-0.15, -0.1) is 0 Å². The Labute approximate surface area is 196 Å². The molecule has 0 heterocycles. The summed E-state index contributed by atoms with van der Waals surface area (Å²) in [6.45, 7) is 11.0. The second-order valence-electron chi connectivity index (χ2n) is 8.55. The molecule has 2 N–H and O–H groups in total. The Balaban J connectivity index is 3.06. The van der Waals surface area contributed by atoms with Gasteiger partial charge in [-0.3, -0.25) is 14.4 Å². The largest absolute Gasteiger partial charge is 0.466 e. The Morgan fingerprint density at radius 3 is 2.30 bits per heavy atom. The average Bonchev–Trinajstić information content (AvgIpc) is 2.72. The highest BCUT2D eigenvalue weighted by atomic mass is 16.6. The molecule has 0 bridgehead atoms. The van der Waals surface area contributed by atoms with E-state index in [1.165, 1.54) is 4.90 Å². The first-order valence-electron chi connectivity index (χ1n) is 11.2. The van der Waals surface area contributed by atoms with E-state index in [-0.39, 0.29) is 26.1 Å². The molecule has 0 aromatic heterocycles. The molecule has 0 fully saturated rings. The van der Waals surface area contributed by atoms with Gasteiger partial charge in [-0.25, -0.2) is 4.79 Å². The minimum atomic E-state index is -0.915. The molecule has 33 heavy (non-hydrogen) atoms. The van der Waals surface area contributed by atoms with Gasteiger partial charge in [0, 0.05) is 13.1 Å². The maximum absolute atomic E-state index is 13.2. The highest BCUT2D eigenvalue weighted by molar-refractivity contribution is 5.90. The maximum Gasteiger partial charge on any atom is 0.408 e. The van der Waals surface area contributed by atoms with E-state index in [1.807, 2.05) is 26.0 Å². The zero-order valence-electron chi connectivity index (χ0n) is 20.5. The van der Waals surface area contributed by atoms with Crippen molar-refractivity contribution in [3.8, 4) is 0 Å². The van der Waals surface area contributed by atoms with Gasteiger partial charge in [-0.1, -0.05) is 31.2 Å². The quantitative estimate of drug-likeness (QED) is 0.488. The molecule has 3 amide bonds. The third-order valence-electron chi connectivity index (χ3n) is 4.54. The summed E-state index contributed by atoms with van der Waals surface area (Å²) in [4.78, 5) is 51.4. The number of hydrogen-bond donors (Lipinski definition) is 2. The molecule has 1 atom stereocenters. The van der Waals surface area contributed by atoms with Crippen LogP contribution in [0.2, 0.25) is 0 Å². The number of ether oxygens (including phenoxy) is 2. The SMILES string of the molecule is CCCN(C(=O)CNC(=O)OC(C)(C)C)C(C(=O)NCCC(=O)OCC)c1ccccc1C. The molecule has 0 spiro atoms. The molecule has 0 radical (unpaired) electrons. The fourth-order valence-corrected chi connectivity index (χ4v) is 3.16. The van der Waals surface area contributed by atoms with Gasteiger partial charge in [0.25, 0.3) is 0 Å². The van der Waals surface area contributed by atoms with E-state index in [4.69, 9.17) is 9.47 Å². The van der Waals surface area contributed by atoms with E-state index in [1.54, 1.807) is 39.8 Å². The topological polar surface area (TPSA) is 114 Å². The summed E-state index contributed by atoms with van der Waals surface area (Å²) in [5, 5.41) is 5.21. The summed E-state index contributed by atoms with van der Waals surface area (Å²) in [6, 6.07) is 6.39. The molecule has 1 aromatic rings. The summed E-state index contributed by atoms with van der Waals surface area (Å²) < 4.78 is 10.1. The normalized spacial score (nSPS) is 11.8. The molecule has 1 rings (SSSR count). The van der Waals surface area contributed by atoms with Crippen molar-refractivity contribution in [1.82, 2.24) is 15.5 Å². The highest BCUT2D eigenvalue weighted by Crippen LogP contribution is 2.25. The van der Waals surface area contributed by atoms with E-state index in [0.717, 1.165) is 5.56 Å². The van der Waals surface area contributed by atoms with Crippen molar-refractivity contribution in [3.63, 3.8) is 0 Å². The molecular formula is C24H37N3O6. The van der Waals surface area contributed by atoms with Crippen molar-refractivity contribution in [2.75, 3.05) is 26.2 Å². The monoisotopic (exact) mass is 463 g/mol. The molecule has 0 aliphatic rings. The Bertz CT molecular complexity index is 819. The van der Waals surface area contributed by atoms with Crippen molar-refractivity contribution in [2.24, 2.45) is 0 Å². The standard InChI is InChI=1S/C24H37N3O6/c1-7-15-27(19(28)16-26-23(31)33-24(4,5)6)21(18-12-10-9-11-17(18)3)22(30)25-14-13-20(29)32-8-2/h9-12,21H,7-8,13-16H2,1-6H3,(H,25,30)(H,26,31). The summed E-state index contributed by atoms with van der Waals surface area (Å²) >= 11 is 0. The number of nitrogens with one attached hydrogen (secondary N) is 2. The van der Waals surface area contributed by atoms with Gasteiger partial charge < -0.3 is 25.0 Å². The van der Waals surface area contributed by atoms with E-state index >= 15 is 0 Å². The Hall–Kier alpha value is -3.10. The zero-order chi connectivity index (χ0) is 25.0. The number of carbonyl (C=O) groups excluding carboxylic acids is 4. The number of aryl methyl sites for hydroxylation is 1. The molecule has 0 saturated heterocycles. The summed E-state index contributed by atoms with van der Waals surface area (Å²) in [5.41, 5.74) is 0.820. The second-order valence-corrected chi connectivity index (χ2v) is 8.55. The van der Waals surface area contributed by atoms with E-state index in [0.29, 0.717) is 18.5 Å². The second kappa shape index (κ2) is 13.4. The van der Waals surface area contributed by atoms with Crippen molar-refractivity contribution in [3.05, 3.63) is 35.4 Å². The van der Waals surface area contributed by atoms with Crippen molar-refractivity contribution in [1.29, 1.82) is 0 Å². The minimum Gasteiger partial charge on any atom is -0.466 e. The lowest BCUT2D eigenvalue weighted by Gasteiger charge is -2.32. The smallest absolute Gasteiger partial charge is 0.408 e. The van der Waals surface area contributed by atoms with Crippen LogP contribution in [0.1, 0.15) is 64.6 Å². The number of carbonyl (C=O) groups is 4.